The highest BCUT2D eigenvalue weighted by Crippen LogP contribution is 2.32. The second-order valence-electron chi connectivity index (χ2n) is 8.14. The summed E-state index contributed by atoms with van der Waals surface area (Å²) in [6, 6.07) is 12.3. The fourth-order valence-electron chi connectivity index (χ4n) is 3.86. The smallest absolute Gasteiger partial charge is 0.242 e. The van der Waals surface area contributed by atoms with Crippen LogP contribution in [0.1, 0.15) is 42.5 Å². The van der Waals surface area contributed by atoms with Crippen molar-refractivity contribution in [3.05, 3.63) is 59.9 Å². The van der Waals surface area contributed by atoms with Gasteiger partial charge in [0.2, 0.25) is 10.0 Å². The van der Waals surface area contributed by atoms with Crippen molar-refractivity contribution in [2.45, 2.75) is 43.2 Å². The van der Waals surface area contributed by atoms with Crippen molar-refractivity contribution in [1.82, 2.24) is 9.62 Å². The molecule has 0 aromatic heterocycles. The molecule has 31 heavy (non-hydrogen) atoms. The molecule has 1 aliphatic heterocycles. The van der Waals surface area contributed by atoms with Gasteiger partial charge in [-0.3, -0.25) is 9.69 Å². The number of benzene rings is 2. The molecule has 2 aromatic carbocycles. The Morgan fingerprint density at radius 2 is 1.90 bits per heavy atom. The maximum atomic E-state index is 13.4. The Kier molecular flexibility index (Phi) is 6.69. The Bertz CT molecular complexity index is 1020. The lowest BCUT2D eigenvalue weighted by molar-refractivity contribution is 0.0967. The van der Waals surface area contributed by atoms with Crippen LogP contribution in [0.2, 0.25) is 0 Å². The maximum Gasteiger partial charge on any atom is 0.242 e. The summed E-state index contributed by atoms with van der Waals surface area (Å²) in [5, 5.41) is 0. The molecule has 1 atom stereocenters. The monoisotopic (exact) mass is 446 g/mol. The molecule has 1 saturated heterocycles. The fourth-order valence-corrected chi connectivity index (χ4v) is 5.15. The van der Waals surface area contributed by atoms with Gasteiger partial charge in [0.05, 0.1) is 17.7 Å². The van der Waals surface area contributed by atoms with Gasteiger partial charge in [0.15, 0.2) is 5.78 Å². The van der Waals surface area contributed by atoms with Gasteiger partial charge in [0.25, 0.3) is 0 Å². The molecule has 2 aromatic rings. The minimum atomic E-state index is -3.78. The lowest BCUT2D eigenvalue weighted by Gasteiger charge is -2.25. The van der Waals surface area contributed by atoms with Crippen molar-refractivity contribution in [2.75, 3.05) is 19.7 Å². The first kappa shape index (κ1) is 21.9. The second-order valence-corrected chi connectivity index (χ2v) is 9.85. The molecule has 1 heterocycles. The Balaban J connectivity index is 1.24. The van der Waals surface area contributed by atoms with Gasteiger partial charge in [-0.15, -0.1) is 0 Å². The number of hydrogen-bond acceptors (Lipinski definition) is 5. The second kappa shape index (κ2) is 9.46. The SMILES string of the molecule is O=C(c1ccc(OCCCN2CCCC2NS(=O)(=O)c2cccc(F)c2)cc1)C1CC1. The van der Waals surface area contributed by atoms with E-state index in [0.717, 1.165) is 49.6 Å². The number of nitrogens with one attached hydrogen (secondary N) is 1. The van der Waals surface area contributed by atoms with Gasteiger partial charge in [-0.25, -0.2) is 12.8 Å². The van der Waals surface area contributed by atoms with E-state index in [4.69, 9.17) is 4.74 Å². The van der Waals surface area contributed by atoms with Gasteiger partial charge >= 0.3 is 0 Å². The van der Waals surface area contributed by atoms with Gasteiger partial charge in [-0.1, -0.05) is 6.07 Å². The zero-order chi connectivity index (χ0) is 21.8. The molecule has 0 spiro atoms. The van der Waals surface area contributed by atoms with Crippen LogP contribution in [0, 0.1) is 11.7 Å². The van der Waals surface area contributed by atoms with Crippen LogP contribution in [-0.2, 0) is 10.0 Å². The highest BCUT2D eigenvalue weighted by Gasteiger charge is 2.30. The van der Waals surface area contributed by atoms with E-state index in [9.17, 15) is 17.6 Å². The van der Waals surface area contributed by atoms with Crippen LogP contribution in [0.25, 0.3) is 0 Å². The van der Waals surface area contributed by atoms with Crippen LogP contribution in [0.5, 0.6) is 5.75 Å². The fraction of sp³-hybridized carbons (Fsp3) is 0.435. The van der Waals surface area contributed by atoms with Crippen molar-refractivity contribution < 1.29 is 22.3 Å². The normalized spacial score (nSPS) is 19.5. The molecule has 166 valence electrons. The van der Waals surface area contributed by atoms with E-state index in [-0.39, 0.29) is 22.8 Å². The molecule has 1 unspecified atom stereocenters. The van der Waals surface area contributed by atoms with Crippen LogP contribution in [0.4, 0.5) is 4.39 Å². The first-order chi connectivity index (χ1) is 14.9. The highest BCUT2D eigenvalue weighted by atomic mass is 32.2. The molecule has 4 rings (SSSR count). The molecule has 0 bridgehead atoms. The number of halogens is 1. The third-order valence-corrected chi connectivity index (χ3v) is 7.16. The van der Waals surface area contributed by atoms with E-state index in [1.165, 1.54) is 18.2 Å². The van der Waals surface area contributed by atoms with Gasteiger partial charge < -0.3 is 4.74 Å². The molecule has 1 N–H and O–H groups in total. The number of carbonyl (C=O) groups is 1. The minimum absolute atomic E-state index is 0.0636. The first-order valence-electron chi connectivity index (χ1n) is 10.7. The number of ketones is 1. The number of carbonyl (C=O) groups excluding carboxylic acids is 1. The van der Waals surface area contributed by atoms with E-state index in [0.29, 0.717) is 19.6 Å². The minimum Gasteiger partial charge on any atom is -0.494 e. The van der Waals surface area contributed by atoms with Crippen LogP contribution < -0.4 is 9.46 Å². The van der Waals surface area contributed by atoms with E-state index in [1.54, 1.807) is 0 Å². The Hall–Kier alpha value is -2.29. The molecular formula is C23H27FN2O4S. The van der Waals surface area contributed by atoms with Crippen LogP contribution in [0.15, 0.2) is 53.4 Å². The summed E-state index contributed by atoms with van der Waals surface area (Å²) in [6.45, 7) is 1.98. The molecule has 6 nitrogen and oxygen atoms in total. The molecule has 1 saturated carbocycles. The van der Waals surface area contributed by atoms with Crippen molar-refractivity contribution >= 4 is 15.8 Å². The molecule has 0 radical (unpaired) electrons. The Labute approximate surface area is 182 Å². The molecule has 2 fully saturated rings. The third kappa shape index (κ3) is 5.70. The molecule has 2 aliphatic rings. The largest absolute Gasteiger partial charge is 0.494 e. The quantitative estimate of drug-likeness (QED) is 0.446. The van der Waals surface area contributed by atoms with Crippen molar-refractivity contribution in [1.29, 1.82) is 0 Å². The summed E-state index contributed by atoms with van der Waals surface area (Å²) < 4.78 is 47.0. The summed E-state index contributed by atoms with van der Waals surface area (Å²) in [4.78, 5) is 14.1. The summed E-state index contributed by atoms with van der Waals surface area (Å²) in [7, 11) is -3.78. The Morgan fingerprint density at radius 1 is 1.13 bits per heavy atom. The predicted octanol–water partition coefficient (Wildman–Crippen LogP) is 3.59. The van der Waals surface area contributed by atoms with Crippen molar-refractivity contribution in [3.63, 3.8) is 0 Å². The summed E-state index contributed by atoms with van der Waals surface area (Å²) in [5.74, 6) is 0.566. The summed E-state index contributed by atoms with van der Waals surface area (Å²) >= 11 is 0. The van der Waals surface area contributed by atoms with E-state index >= 15 is 0 Å². The van der Waals surface area contributed by atoms with Gasteiger partial charge in [0.1, 0.15) is 11.6 Å². The zero-order valence-corrected chi connectivity index (χ0v) is 18.1. The van der Waals surface area contributed by atoms with Crippen LogP contribution in [-0.4, -0.2) is 45.0 Å². The lowest BCUT2D eigenvalue weighted by Crippen LogP contribution is -2.44. The first-order valence-corrected chi connectivity index (χ1v) is 12.2. The lowest BCUT2D eigenvalue weighted by atomic mass is 10.1. The van der Waals surface area contributed by atoms with Gasteiger partial charge in [-0.05, 0) is 81.1 Å². The van der Waals surface area contributed by atoms with E-state index in [1.807, 2.05) is 24.3 Å². The number of sulfonamides is 1. The molecule has 8 heteroatoms. The Morgan fingerprint density at radius 3 is 2.61 bits per heavy atom. The number of nitrogens with zero attached hydrogens (tertiary/aromatic N) is 1. The van der Waals surface area contributed by atoms with Gasteiger partial charge in [-0.2, -0.15) is 4.72 Å². The number of likely N-dealkylation sites (tertiary alicyclic amines) is 1. The van der Waals surface area contributed by atoms with Crippen molar-refractivity contribution in [3.8, 4) is 5.75 Å². The van der Waals surface area contributed by atoms with Gasteiger partial charge in [0, 0.05) is 18.0 Å². The van der Waals surface area contributed by atoms with Crippen LogP contribution >= 0.6 is 0 Å². The molecular weight excluding hydrogens is 419 g/mol. The number of hydrogen-bond donors (Lipinski definition) is 1. The third-order valence-electron chi connectivity index (χ3n) is 5.71. The van der Waals surface area contributed by atoms with E-state index in [2.05, 4.69) is 9.62 Å². The molecule has 1 aliphatic carbocycles. The van der Waals surface area contributed by atoms with Crippen molar-refractivity contribution in [2.24, 2.45) is 5.92 Å². The molecule has 0 amide bonds. The number of ether oxygens (including phenoxy) is 1. The number of rotatable bonds is 10. The van der Waals surface area contributed by atoms with E-state index < -0.39 is 15.8 Å². The highest BCUT2D eigenvalue weighted by molar-refractivity contribution is 7.89. The zero-order valence-electron chi connectivity index (χ0n) is 17.3. The topological polar surface area (TPSA) is 75.7 Å². The average Bonchev–Trinajstić information content (AvgIpc) is 3.52. The predicted molar refractivity (Wildman–Crippen MR) is 115 cm³/mol. The standard InChI is InChI=1S/C23H27FN2O4S/c24-19-4-1-5-21(16-19)31(28,29)25-22-6-2-13-26(22)14-3-15-30-20-11-9-18(10-12-20)23(27)17-7-8-17/h1,4-5,9-12,16-17,22,25H,2-3,6-8,13-15H2. The average molecular weight is 447 g/mol. The summed E-state index contributed by atoms with van der Waals surface area (Å²) in [6.07, 6.45) is 4.03. The number of Topliss-reactive ketones (excluding diaryl/α,β-unsaturated/α-hetero) is 1. The van der Waals surface area contributed by atoms with Crippen LogP contribution in [0.3, 0.4) is 0 Å². The summed E-state index contributed by atoms with van der Waals surface area (Å²) in [5.41, 5.74) is 0.736. The maximum absolute atomic E-state index is 13.4.